The highest BCUT2D eigenvalue weighted by Gasteiger charge is 2.29. The molecule has 7 heteroatoms. The summed E-state index contributed by atoms with van der Waals surface area (Å²) >= 11 is 0. The number of likely N-dealkylation sites (tertiary alicyclic amines) is 1. The van der Waals surface area contributed by atoms with E-state index in [1.807, 2.05) is 39.0 Å². The highest BCUT2D eigenvalue weighted by Crippen LogP contribution is 2.33. The molecule has 1 atom stereocenters. The van der Waals surface area contributed by atoms with Crippen LogP contribution < -0.4 is 5.73 Å². The molecule has 1 unspecified atom stereocenters. The molecule has 1 fully saturated rings. The number of phenolic OH excluding ortho intramolecular Hbond substituents is 1. The molecule has 7 nitrogen and oxygen atoms in total. The molecule has 0 spiro atoms. The number of amides is 1. The van der Waals surface area contributed by atoms with Gasteiger partial charge in [-0.05, 0) is 63.8 Å². The van der Waals surface area contributed by atoms with E-state index in [1.165, 1.54) is 0 Å². The zero-order chi connectivity index (χ0) is 21.2. The van der Waals surface area contributed by atoms with Crippen LogP contribution >= 0.6 is 0 Å². The first kappa shape index (κ1) is 20.9. The number of aromatic hydroxyl groups is 1. The third-order valence-electron chi connectivity index (χ3n) is 5.00. The van der Waals surface area contributed by atoms with Crippen LogP contribution in [0.25, 0.3) is 11.3 Å². The van der Waals surface area contributed by atoms with E-state index in [-0.39, 0.29) is 23.7 Å². The molecule has 1 amide bonds. The summed E-state index contributed by atoms with van der Waals surface area (Å²) in [6.45, 7) is 8.83. The Balaban J connectivity index is 1.87. The number of anilines is 1. The van der Waals surface area contributed by atoms with Gasteiger partial charge in [-0.3, -0.25) is 0 Å². The summed E-state index contributed by atoms with van der Waals surface area (Å²) < 4.78 is 5.52. The van der Waals surface area contributed by atoms with Gasteiger partial charge in [-0.2, -0.15) is 0 Å². The smallest absolute Gasteiger partial charge is 0.410 e. The van der Waals surface area contributed by atoms with Crippen molar-refractivity contribution in [1.29, 1.82) is 0 Å². The van der Waals surface area contributed by atoms with E-state index < -0.39 is 5.60 Å². The molecule has 1 aliphatic heterocycles. The van der Waals surface area contributed by atoms with Gasteiger partial charge in [0.1, 0.15) is 11.4 Å². The van der Waals surface area contributed by atoms with Crippen LogP contribution in [-0.4, -0.2) is 44.8 Å². The van der Waals surface area contributed by atoms with Gasteiger partial charge in [0.2, 0.25) is 5.95 Å². The maximum Gasteiger partial charge on any atom is 0.410 e. The van der Waals surface area contributed by atoms with Crippen molar-refractivity contribution in [3.05, 3.63) is 35.5 Å². The number of benzene rings is 1. The lowest BCUT2D eigenvalue weighted by atomic mass is 9.93. The number of phenols is 1. The van der Waals surface area contributed by atoms with E-state index in [9.17, 15) is 9.90 Å². The van der Waals surface area contributed by atoms with Gasteiger partial charge in [-0.1, -0.05) is 13.0 Å². The van der Waals surface area contributed by atoms with Crippen molar-refractivity contribution < 1.29 is 14.6 Å². The Kier molecular flexibility index (Phi) is 5.96. The number of ether oxygens (including phenoxy) is 1. The molecule has 1 aliphatic rings. The first-order valence-corrected chi connectivity index (χ1v) is 10.1. The van der Waals surface area contributed by atoms with Gasteiger partial charge in [-0.25, -0.2) is 14.8 Å². The van der Waals surface area contributed by atoms with Crippen LogP contribution in [-0.2, 0) is 11.2 Å². The zero-order valence-corrected chi connectivity index (χ0v) is 17.6. The average molecular weight is 399 g/mol. The average Bonchev–Trinajstić information content (AvgIpc) is 2.66. The Morgan fingerprint density at radius 2 is 2.07 bits per heavy atom. The summed E-state index contributed by atoms with van der Waals surface area (Å²) in [7, 11) is 0. The summed E-state index contributed by atoms with van der Waals surface area (Å²) in [4.78, 5) is 23.0. The maximum absolute atomic E-state index is 12.5. The van der Waals surface area contributed by atoms with Crippen LogP contribution in [0.5, 0.6) is 5.75 Å². The second kappa shape index (κ2) is 8.27. The predicted molar refractivity (Wildman–Crippen MR) is 113 cm³/mol. The summed E-state index contributed by atoms with van der Waals surface area (Å²) in [6.07, 6.45) is 2.31. The monoisotopic (exact) mass is 398 g/mol. The van der Waals surface area contributed by atoms with Gasteiger partial charge in [0.15, 0.2) is 0 Å². The Hall–Kier alpha value is -2.83. The second-order valence-corrected chi connectivity index (χ2v) is 8.51. The fraction of sp³-hybridized carbons (Fsp3) is 0.500. The molecule has 29 heavy (non-hydrogen) atoms. The third kappa shape index (κ3) is 5.16. The molecule has 3 rings (SSSR count). The number of carbonyl (C=O) groups is 1. The molecule has 0 aliphatic carbocycles. The van der Waals surface area contributed by atoms with Gasteiger partial charge in [0, 0.05) is 24.6 Å². The van der Waals surface area contributed by atoms with Crippen molar-refractivity contribution in [1.82, 2.24) is 14.9 Å². The highest BCUT2D eigenvalue weighted by atomic mass is 16.6. The minimum atomic E-state index is -0.529. The number of hydrogen-bond donors (Lipinski definition) is 2. The van der Waals surface area contributed by atoms with Gasteiger partial charge < -0.3 is 20.5 Å². The second-order valence-electron chi connectivity index (χ2n) is 8.51. The van der Waals surface area contributed by atoms with Gasteiger partial charge >= 0.3 is 6.09 Å². The topological polar surface area (TPSA) is 102 Å². The number of carbonyl (C=O) groups excluding carboxylic acids is 1. The number of nitrogen functional groups attached to an aromatic ring is 1. The summed E-state index contributed by atoms with van der Waals surface area (Å²) in [5.41, 5.74) is 8.58. The predicted octanol–water partition coefficient (Wildman–Crippen LogP) is 4.11. The van der Waals surface area contributed by atoms with E-state index in [4.69, 9.17) is 10.5 Å². The number of hydrogen-bond acceptors (Lipinski definition) is 6. The van der Waals surface area contributed by atoms with E-state index in [2.05, 4.69) is 16.9 Å². The summed E-state index contributed by atoms with van der Waals surface area (Å²) in [6, 6.07) is 7.37. The number of aromatic nitrogens is 2. The molecule has 1 aromatic heterocycles. The molecule has 0 saturated carbocycles. The molecular weight excluding hydrogens is 368 g/mol. The van der Waals surface area contributed by atoms with E-state index in [1.54, 1.807) is 11.0 Å². The molecular formula is C22H30N4O3. The van der Waals surface area contributed by atoms with Crippen LogP contribution in [0.2, 0.25) is 0 Å². The molecule has 2 aromatic rings. The van der Waals surface area contributed by atoms with E-state index >= 15 is 0 Å². The lowest BCUT2D eigenvalue weighted by Gasteiger charge is -2.34. The number of nitrogens with zero attached hydrogens (tertiary/aromatic N) is 3. The zero-order valence-electron chi connectivity index (χ0n) is 17.6. The highest BCUT2D eigenvalue weighted by molar-refractivity contribution is 5.69. The maximum atomic E-state index is 12.5. The standard InChI is InChI=1S/C22H30N4O3/c1-5-14-8-9-19(27)16(11-14)18-12-17(24-20(23)25-18)15-7-6-10-26(13-15)21(28)29-22(2,3)4/h8-9,11-12,15,27H,5-7,10,13H2,1-4H3,(H2,23,24,25). The Morgan fingerprint density at radius 3 is 2.76 bits per heavy atom. The van der Waals surface area contributed by atoms with Gasteiger partial charge in [0.05, 0.1) is 11.4 Å². The van der Waals surface area contributed by atoms with Crippen LogP contribution in [0, 0.1) is 0 Å². The van der Waals surface area contributed by atoms with Crippen molar-refractivity contribution in [3.63, 3.8) is 0 Å². The minimum Gasteiger partial charge on any atom is -0.507 e. The normalized spacial score (nSPS) is 17.2. The Bertz CT molecular complexity index is 892. The van der Waals surface area contributed by atoms with Gasteiger partial charge in [-0.15, -0.1) is 0 Å². The number of piperidine rings is 1. The van der Waals surface area contributed by atoms with Crippen molar-refractivity contribution >= 4 is 12.0 Å². The van der Waals surface area contributed by atoms with E-state index in [0.717, 1.165) is 30.5 Å². The molecule has 156 valence electrons. The summed E-state index contributed by atoms with van der Waals surface area (Å²) in [5, 5.41) is 10.3. The van der Waals surface area contributed by atoms with Gasteiger partial charge in [0.25, 0.3) is 0 Å². The quantitative estimate of drug-likeness (QED) is 0.807. The first-order valence-electron chi connectivity index (χ1n) is 10.1. The van der Waals surface area contributed by atoms with Crippen molar-refractivity contribution in [2.45, 2.75) is 58.5 Å². The SMILES string of the molecule is CCc1ccc(O)c(-c2cc(C3CCCN(C(=O)OC(C)(C)C)C3)nc(N)n2)c1. The molecule has 1 saturated heterocycles. The largest absolute Gasteiger partial charge is 0.507 e. The van der Waals surface area contributed by atoms with Crippen LogP contribution in [0.15, 0.2) is 24.3 Å². The molecule has 0 radical (unpaired) electrons. The van der Waals surface area contributed by atoms with Crippen LogP contribution in [0.1, 0.15) is 57.7 Å². The first-order chi connectivity index (χ1) is 13.7. The lowest BCUT2D eigenvalue weighted by Crippen LogP contribution is -2.42. The number of rotatable bonds is 3. The number of nitrogens with two attached hydrogens (primary N) is 1. The summed E-state index contributed by atoms with van der Waals surface area (Å²) in [5.74, 6) is 0.357. The molecule has 1 aromatic carbocycles. The Morgan fingerprint density at radius 1 is 1.31 bits per heavy atom. The minimum absolute atomic E-state index is 0.0387. The number of aryl methyl sites for hydroxylation is 1. The van der Waals surface area contributed by atoms with Crippen LogP contribution in [0.3, 0.4) is 0 Å². The van der Waals surface area contributed by atoms with Crippen molar-refractivity contribution in [2.75, 3.05) is 18.8 Å². The molecule has 3 N–H and O–H groups in total. The third-order valence-corrected chi connectivity index (χ3v) is 5.00. The van der Waals surface area contributed by atoms with Crippen molar-refractivity contribution in [3.8, 4) is 17.0 Å². The van der Waals surface area contributed by atoms with Crippen LogP contribution in [0.4, 0.5) is 10.7 Å². The lowest BCUT2D eigenvalue weighted by molar-refractivity contribution is 0.0197. The Labute approximate surface area is 171 Å². The molecule has 2 heterocycles. The van der Waals surface area contributed by atoms with E-state index in [0.29, 0.717) is 24.3 Å². The molecule has 0 bridgehead atoms. The fourth-order valence-corrected chi connectivity index (χ4v) is 3.55. The van der Waals surface area contributed by atoms with Crippen molar-refractivity contribution in [2.24, 2.45) is 0 Å². The fourth-order valence-electron chi connectivity index (χ4n) is 3.55.